The number of nitrogens with two attached hydrogens (primary N) is 2. The van der Waals surface area contributed by atoms with Gasteiger partial charge in [-0.1, -0.05) is 12.1 Å². The van der Waals surface area contributed by atoms with E-state index in [1.807, 2.05) is 24.3 Å². The Bertz CT molecular complexity index is 268. The highest BCUT2D eigenvalue weighted by molar-refractivity contribution is 5.85. The Balaban J connectivity index is 0.00000169. The van der Waals surface area contributed by atoms with Crippen molar-refractivity contribution in [2.75, 3.05) is 13.7 Å². The van der Waals surface area contributed by atoms with E-state index in [1.165, 1.54) is 0 Å². The summed E-state index contributed by atoms with van der Waals surface area (Å²) >= 11 is 0. The number of rotatable bonds is 4. The van der Waals surface area contributed by atoms with Crippen LogP contribution < -0.4 is 16.2 Å². The molecule has 0 saturated carbocycles. The van der Waals surface area contributed by atoms with Gasteiger partial charge in [0, 0.05) is 6.04 Å². The first kappa shape index (κ1) is 13.2. The Morgan fingerprint density at radius 3 is 2.71 bits per heavy atom. The molecule has 0 heterocycles. The summed E-state index contributed by atoms with van der Waals surface area (Å²) in [5.74, 6) is 0.838. The van der Waals surface area contributed by atoms with E-state index in [4.69, 9.17) is 16.2 Å². The van der Waals surface area contributed by atoms with Crippen LogP contribution in [0.5, 0.6) is 5.75 Å². The van der Waals surface area contributed by atoms with Crippen molar-refractivity contribution < 1.29 is 4.74 Å². The first-order valence-electron chi connectivity index (χ1n) is 4.37. The van der Waals surface area contributed by atoms with Gasteiger partial charge in [-0.15, -0.1) is 12.4 Å². The van der Waals surface area contributed by atoms with E-state index < -0.39 is 0 Å². The lowest BCUT2D eigenvalue weighted by molar-refractivity contribution is 0.413. The largest absolute Gasteiger partial charge is 0.497 e. The van der Waals surface area contributed by atoms with Gasteiger partial charge in [0.05, 0.1) is 7.11 Å². The molecule has 1 atom stereocenters. The van der Waals surface area contributed by atoms with Crippen molar-refractivity contribution in [1.82, 2.24) is 0 Å². The van der Waals surface area contributed by atoms with Gasteiger partial charge >= 0.3 is 0 Å². The van der Waals surface area contributed by atoms with E-state index in [0.29, 0.717) is 6.54 Å². The van der Waals surface area contributed by atoms with Crippen molar-refractivity contribution in [1.29, 1.82) is 0 Å². The second kappa shape index (κ2) is 6.65. The molecule has 0 aliphatic carbocycles. The molecule has 1 rings (SSSR count). The summed E-state index contributed by atoms with van der Waals surface area (Å²) in [6, 6.07) is 7.78. The molecule has 3 nitrogen and oxygen atoms in total. The standard InChI is InChI=1S/C10H16N2O.ClH/c1-13-9-4-2-3-8(7-9)10(12)5-6-11;/h2-4,7,10H,5-6,11-12H2,1H3;1H/t10-;/m1./s1. The third-order valence-corrected chi connectivity index (χ3v) is 2.00. The van der Waals surface area contributed by atoms with Crippen molar-refractivity contribution >= 4 is 12.4 Å². The molecular weight excluding hydrogens is 200 g/mol. The summed E-state index contributed by atoms with van der Waals surface area (Å²) in [5.41, 5.74) is 12.4. The Hall–Kier alpha value is -0.770. The number of methoxy groups -OCH3 is 1. The van der Waals surface area contributed by atoms with Crippen LogP contribution in [0, 0.1) is 0 Å². The summed E-state index contributed by atoms with van der Waals surface area (Å²) in [7, 11) is 1.65. The first-order valence-corrected chi connectivity index (χ1v) is 4.37. The van der Waals surface area contributed by atoms with Gasteiger partial charge in [-0.25, -0.2) is 0 Å². The molecule has 0 radical (unpaired) electrons. The van der Waals surface area contributed by atoms with Crippen LogP contribution in [0.1, 0.15) is 18.0 Å². The van der Waals surface area contributed by atoms with E-state index in [1.54, 1.807) is 7.11 Å². The number of ether oxygens (including phenoxy) is 1. The molecular formula is C10H17ClN2O. The minimum atomic E-state index is 0. The second-order valence-corrected chi connectivity index (χ2v) is 2.96. The van der Waals surface area contributed by atoms with Crippen LogP contribution in [0.4, 0.5) is 0 Å². The second-order valence-electron chi connectivity index (χ2n) is 2.96. The van der Waals surface area contributed by atoms with Gasteiger partial charge in [0.15, 0.2) is 0 Å². The molecule has 4 heteroatoms. The smallest absolute Gasteiger partial charge is 0.119 e. The van der Waals surface area contributed by atoms with Gasteiger partial charge in [-0.05, 0) is 30.7 Å². The number of halogens is 1. The van der Waals surface area contributed by atoms with Gasteiger partial charge < -0.3 is 16.2 Å². The van der Waals surface area contributed by atoms with Crippen molar-refractivity contribution in [3.05, 3.63) is 29.8 Å². The Labute approximate surface area is 90.8 Å². The number of hydrogen-bond donors (Lipinski definition) is 2. The molecule has 0 fully saturated rings. The topological polar surface area (TPSA) is 61.3 Å². The predicted octanol–water partition coefficient (Wildman–Crippen LogP) is 1.47. The number of benzene rings is 1. The highest BCUT2D eigenvalue weighted by Gasteiger charge is 2.04. The molecule has 80 valence electrons. The average Bonchev–Trinajstić information content (AvgIpc) is 2.18. The molecule has 1 aromatic carbocycles. The van der Waals surface area contributed by atoms with Gasteiger partial charge in [0.25, 0.3) is 0 Å². The highest BCUT2D eigenvalue weighted by Crippen LogP contribution is 2.18. The Morgan fingerprint density at radius 2 is 2.14 bits per heavy atom. The monoisotopic (exact) mass is 216 g/mol. The normalized spacial score (nSPS) is 11.6. The SMILES string of the molecule is COc1cccc([C@H](N)CCN)c1.Cl. The van der Waals surface area contributed by atoms with E-state index in [2.05, 4.69) is 0 Å². The maximum atomic E-state index is 5.89. The zero-order valence-corrected chi connectivity index (χ0v) is 9.09. The van der Waals surface area contributed by atoms with Crippen LogP contribution in [0.3, 0.4) is 0 Å². The molecule has 0 spiro atoms. The van der Waals surface area contributed by atoms with Crippen LogP contribution in [0.25, 0.3) is 0 Å². The fraction of sp³-hybridized carbons (Fsp3) is 0.400. The van der Waals surface area contributed by atoms with Gasteiger partial charge in [0.2, 0.25) is 0 Å². The maximum Gasteiger partial charge on any atom is 0.119 e. The molecule has 0 unspecified atom stereocenters. The van der Waals surface area contributed by atoms with Crippen molar-refractivity contribution in [2.45, 2.75) is 12.5 Å². The molecule has 0 aliphatic heterocycles. The van der Waals surface area contributed by atoms with Crippen molar-refractivity contribution in [3.8, 4) is 5.75 Å². The van der Waals surface area contributed by atoms with E-state index in [9.17, 15) is 0 Å². The quantitative estimate of drug-likeness (QED) is 0.801. The maximum absolute atomic E-state index is 5.89. The van der Waals surface area contributed by atoms with Crippen LogP contribution in [0.2, 0.25) is 0 Å². The summed E-state index contributed by atoms with van der Waals surface area (Å²) in [4.78, 5) is 0. The number of hydrogen-bond acceptors (Lipinski definition) is 3. The van der Waals surface area contributed by atoms with Gasteiger partial charge in [-0.3, -0.25) is 0 Å². The Kier molecular flexibility index (Phi) is 6.28. The zero-order chi connectivity index (χ0) is 9.68. The molecule has 0 saturated heterocycles. The lowest BCUT2D eigenvalue weighted by Crippen LogP contribution is -2.15. The molecule has 4 N–H and O–H groups in total. The van der Waals surface area contributed by atoms with E-state index in [0.717, 1.165) is 17.7 Å². The summed E-state index contributed by atoms with van der Waals surface area (Å²) in [6.45, 7) is 0.610. The Morgan fingerprint density at radius 1 is 1.43 bits per heavy atom. The van der Waals surface area contributed by atoms with Crippen LogP contribution in [-0.4, -0.2) is 13.7 Å². The van der Waals surface area contributed by atoms with Gasteiger partial charge in [-0.2, -0.15) is 0 Å². The molecule has 0 aliphatic rings. The lowest BCUT2D eigenvalue weighted by Gasteiger charge is -2.11. The minimum Gasteiger partial charge on any atom is -0.497 e. The minimum absolute atomic E-state index is 0. The molecule has 0 aromatic heterocycles. The lowest BCUT2D eigenvalue weighted by atomic mass is 10.0. The predicted molar refractivity (Wildman–Crippen MR) is 60.8 cm³/mol. The first-order chi connectivity index (χ1) is 6.27. The third kappa shape index (κ3) is 3.54. The third-order valence-electron chi connectivity index (χ3n) is 2.00. The summed E-state index contributed by atoms with van der Waals surface area (Å²) in [6.07, 6.45) is 0.799. The zero-order valence-electron chi connectivity index (χ0n) is 8.27. The molecule has 14 heavy (non-hydrogen) atoms. The van der Waals surface area contributed by atoms with Gasteiger partial charge in [0.1, 0.15) is 5.75 Å². The van der Waals surface area contributed by atoms with Crippen LogP contribution in [-0.2, 0) is 0 Å². The van der Waals surface area contributed by atoms with E-state index in [-0.39, 0.29) is 18.4 Å². The van der Waals surface area contributed by atoms with Crippen LogP contribution >= 0.6 is 12.4 Å². The van der Waals surface area contributed by atoms with Crippen molar-refractivity contribution in [2.24, 2.45) is 11.5 Å². The fourth-order valence-corrected chi connectivity index (χ4v) is 1.22. The summed E-state index contributed by atoms with van der Waals surface area (Å²) in [5, 5.41) is 0. The van der Waals surface area contributed by atoms with E-state index >= 15 is 0 Å². The average molecular weight is 217 g/mol. The van der Waals surface area contributed by atoms with Crippen molar-refractivity contribution in [3.63, 3.8) is 0 Å². The van der Waals surface area contributed by atoms with Crippen LogP contribution in [0.15, 0.2) is 24.3 Å². The molecule has 1 aromatic rings. The molecule has 0 amide bonds. The fourth-order valence-electron chi connectivity index (χ4n) is 1.22. The highest BCUT2D eigenvalue weighted by atomic mass is 35.5. The summed E-state index contributed by atoms with van der Waals surface area (Å²) < 4.78 is 5.10. The molecule has 0 bridgehead atoms.